The number of Topliss-reactive ketones (excluding diaryl/α,β-unsaturated/α-hetero) is 1. The molecular weight excluding hydrogens is 262 g/mol. The third-order valence-corrected chi connectivity index (χ3v) is 4.25. The zero-order chi connectivity index (χ0) is 16.0. The molecule has 0 aliphatic rings. The van der Waals surface area contributed by atoms with Crippen LogP contribution in [0.2, 0.25) is 0 Å². The van der Waals surface area contributed by atoms with E-state index >= 15 is 0 Å². The molecule has 21 heavy (non-hydrogen) atoms. The second kappa shape index (κ2) is 8.18. The van der Waals surface area contributed by atoms with Crippen molar-refractivity contribution >= 4 is 5.78 Å². The lowest BCUT2D eigenvalue weighted by Gasteiger charge is -2.22. The number of phenols is 1. The summed E-state index contributed by atoms with van der Waals surface area (Å²) >= 11 is 0. The fourth-order valence-corrected chi connectivity index (χ4v) is 2.45. The SMILES string of the molecule is CCCNC(Cc1ccc(C)c(O)c1C)C(=O)C(C)CC. The normalized spacial score (nSPS) is 14.0. The highest BCUT2D eigenvalue weighted by Gasteiger charge is 2.23. The van der Waals surface area contributed by atoms with Crippen molar-refractivity contribution in [3.05, 3.63) is 28.8 Å². The molecule has 3 nitrogen and oxygen atoms in total. The van der Waals surface area contributed by atoms with E-state index in [1.165, 1.54) is 0 Å². The molecule has 3 heteroatoms. The van der Waals surface area contributed by atoms with Crippen molar-refractivity contribution < 1.29 is 9.90 Å². The highest BCUT2D eigenvalue weighted by atomic mass is 16.3. The quantitative estimate of drug-likeness (QED) is 0.770. The molecule has 2 atom stereocenters. The van der Waals surface area contributed by atoms with E-state index in [0.717, 1.165) is 36.1 Å². The number of aryl methyl sites for hydroxylation is 1. The predicted octanol–water partition coefficient (Wildman–Crippen LogP) is 3.53. The molecule has 0 amide bonds. The predicted molar refractivity (Wildman–Crippen MR) is 87.8 cm³/mol. The smallest absolute Gasteiger partial charge is 0.152 e. The van der Waals surface area contributed by atoms with Crippen molar-refractivity contribution in [1.82, 2.24) is 5.32 Å². The summed E-state index contributed by atoms with van der Waals surface area (Å²) in [6, 6.07) is 3.78. The molecule has 1 rings (SSSR count). The summed E-state index contributed by atoms with van der Waals surface area (Å²) < 4.78 is 0. The Balaban J connectivity index is 2.96. The summed E-state index contributed by atoms with van der Waals surface area (Å²) in [5.74, 6) is 0.682. The molecule has 0 saturated heterocycles. The van der Waals surface area contributed by atoms with Gasteiger partial charge in [-0.05, 0) is 56.3 Å². The molecule has 0 saturated carbocycles. The molecule has 0 fully saturated rings. The van der Waals surface area contributed by atoms with Crippen LogP contribution in [-0.2, 0) is 11.2 Å². The first-order valence-corrected chi connectivity index (χ1v) is 7.97. The standard InChI is InChI=1S/C18H29NO2/c1-6-10-19-16(18(21)12(3)7-2)11-15-9-8-13(4)17(20)14(15)5/h8-9,12,16,19-20H,6-7,10-11H2,1-5H3. The molecule has 0 aliphatic carbocycles. The van der Waals surface area contributed by atoms with Gasteiger partial charge in [-0.25, -0.2) is 0 Å². The Morgan fingerprint density at radius 2 is 1.95 bits per heavy atom. The van der Waals surface area contributed by atoms with Crippen LogP contribution in [0.15, 0.2) is 12.1 Å². The van der Waals surface area contributed by atoms with Gasteiger partial charge in [-0.15, -0.1) is 0 Å². The average molecular weight is 291 g/mol. The summed E-state index contributed by atoms with van der Waals surface area (Å²) in [6.45, 7) is 10.8. The molecule has 0 bridgehead atoms. The lowest BCUT2D eigenvalue weighted by atomic mass is 9.90. The first-order valence-electron chi connectivity index (χ1n) is 7.97. The van der Waals surface area contributed by atoms with Crippen molar-refractivity contribution in [1.29, 1.82) is 0 Å². The number of nitrogens with one attached hydrogen (secondary N) is 1. The average Bonchev–Trinajstić information content (AvgIpc) is 2.49. The number of aromatic hydroxyl groups is 1. The number of ketones is 1. The maximum absolute atomic E-state index is 12.5. The van der Waals surface area contributed by atoms with Crippen LogP contribution in [0.25, 0.3) is 0 Å². The Hall–Kier alpha value is -1.35. The van der Waals surface area contributed by atoms with E-state index in [1.807, 2.05) is 39.8 Å². The molecule has 0 radical (unpaired) electrons. The first kappa shape index (κ1) is 17.7. The largest absolute Gasteiger partial charge is 0.507 e. The Morgan fingerprint density at radius 3 is 2.52 bits per heavy atom. The van der Waals surface area contributed by atoms with Crippen LogP contribution in [0.5, 0.6) is 5.75 Å². The van der Waals surface area contributed by atoms with Gasteiger partial charge < -0.3 is 10.4 Å². The monoisotopic (exact) mass is 291 g/mol. The van der Waals surface area contributed by atoms with Crippen molar-refractivity contribution in [3.8, 4) is 5.75 Å². The van der Waals surface area contributed by atoms with Crippen molar-refractivity contribution in [3.63, 3.8) is 0 Å². The molecule has 0 aromatic heterocycles. The van der Waals surface area contributed by atoms with E-state index < -0.39 is 0 Å². The van der Waals surface area contributed by atoms with Crippen molar-refractivity contribution in [2.45, 2.75) is 59.9 Å². The zero-order valence-electron chi connectivity index (χ0n) is 14.0. The Labute approximate surface area is 128 Å². The zero-order valence-corrected chi connectivity index (χ0v) is 14.0. The molecule has 0 spiro atoms. The summed E-state index contributed by atoms with van der Waals surface area (Å²) in [6.07, 6.45) is 2.51. The maximum atomic E-state index is 12.5. The molecule has 2 unspecified atom stereocenters. The van der Waals surface area contributed by atoms with E-state index in [1.54, 1.807) is 0 Å². The number of rotatable bonds is 8. The summed E-state index contributed by atoms with van der Waals surface area (Å²) in [5, 5.41) is 13.4. The minimum Gasteiger partial charge on any atom is -0.507 e. The molecule has 1 aromatic carbocycles. The first-order chi connectivity index (χ1) is 9.92. The van der Waals surface area contributed by atoms with Gasteiger partial charge in [0, 0.05) is 5.92 Å². The second-order valence-corrected chi connectivity index (χ2v) is 5.94. The van der Waals surface area contributed by atoms with Gasteiger partial charge in [-0.1, -0.05) is 32.9 Å². The van der Waals surface area contributed by atoms with E-state index in [0.29, 0.717) is 12.2 Å². The van der Waals surface area contributed by atoms with Crippen LogP contribution in [0.1, 0.15) is 50.3 Å². The topological polar surface area (TPSA) is 49.3 Å². The number of hydrogen-bond donors (Lipinski definition) is 2. The fraction of sp³-hybridized carbons (Fsp3) is 0.611. The summed E-state index contributed by atoms with van der Waals surface area (Å²) in [5.41, 5.74) is 2.81. The summed E-state index contributed by atoms with van der Waals surface area (Å²) in [7, 11) is 0. The Morgan fingerprint density at radius 1 is 1.29 bits per heavy atom. The van der Waals surface area contributed by atoms with Crippen LogP contribution in [0.3, 0.4) is 0 Å². The van der Waals surface area contributed by atoms with Gasteiger partial charge in [0.25, 0.3) is 0 Å². The highest BCUT2D eigenvalue weighted by molar-refractivity contribution is 5.86. The summed E-state index contributed by atoms with van der Waals surface area (Å²) in [4.78, 5) is 12.5. The van der Waals surface area contributed by atoms with Gasteiger partial charge in [-0.2, -0.15) is 0 Å². The highest BCUT2D eigenvalue weighted by Crippen LogP contribution is 2.25. The number of carbonyl (C=O) groups excluding carboxylic acids is 1. The lowest BCUT2D eigenvalue weighted by molar-refractivity contribution is -0.124. The van der Waals surface area contributed by atoms with Gasteiger partial charge in [0.15, 0.2) is 5.78 Å². The molecule has 118 valence electrons. The molecule has 2 N–H and O–H groups in total. The molecule has 0 aliphatic heterocycles. The van der Waals surface area contributed by atoms with Crippen LogP contribution >= 0.6 is 0 Å². The van der Waals surface area contributed by atoms with Gasteiger partial charge >= 0.3 is 0 Å². The third-order valence-electron chi connectivity index (χ3n) is 4.25. The van der Waals surface area contributed by atoms with Crippen molar-refractivity contribution in [2.24, 2.45) is 5.92 Å². The van der Waals surface area contributed by atoms with Crippen molar-refractivity contribution in [2.75, 3.05) is 6.54 Å². The van der Waals surface area contributed by atoms with Gasteiger partial charge in [0.1, 0.15) is 5.75 Å². The Bertz CT molecular complexity index is 482. The lowest BCUT2D eigenvalue weighted by Crippen LogP contribution is -2.41. The minimum absolute atomic E-state index is 0.0682. The van der Waals surface area contributed by atoms with Gasteiger partial charge in [-0.3, -0.25) is 4.79 Å². The molecule has 0 heterocycles. The third kappa shape index (κ3) is 4.57. The van der Waals surface area contributed by atoms with E-state index in [2.05, 4.69) is 12.2 Å². The van der Waals surface area contributed by atoms with E-state index in [9.17, 15) is 9.90 Å². The van der Waals surface area contributed by atoms with Gasteiger partial charge in [0.2, 0.25) is 0 Å². The van der Waals surface area contributed by atoms with E-state index in [-0.39, 0.29) is 17.7 Å². The minimum atomic E-state index is -0.166. The molecule has 1 aromatic rings. The van der Waals surface area contributed by atoms with Crippen LogP contribution in [0, 0.1) is 19.8 Å². The van der Waals surface area contributed by atoms with Gasteiger partial charge in [0.05, 0.1) is 6.04 Å². The van der Waals surface area contributed by atoms with Crippen LogP contribution in [-0.4, -0.2) is 23.5 Å². The van der Waals surface area contributed by atoms with Crippen LogP contribution < -0.4 is 5.32 Å². The molecular formula is C18H29NO2. The Kier molecular flexibility index (Phi) is 6.90. The number of benzene rings is 1. The second-order valence-electron chi connectivity index (χ2n) is 5.94. The maximum Gasteiger partial charge on any atom is 0.152 e. The van der Waals surface area contributed by atoms with Crippen LogP contribution in [0.4, 0.5) is 0 Å². The number of carbonyl (C=O) groups is 1. The number of hydrogen-bond acceptors (Lipinski definition) is 3. The fourth-order valence-electron chi connectivity index (χ4n) is 2.45. The van der Waals surface area contributed by atoms with E-state index in [4.69, 9.17) is 0 Å². The number of phenolic OH excluding ortho intramolecular Hbond substituents is 1.